The predicted molar refractivity (Wildman–Crippen MR) is 118 cm³/mol. The van der Waals surface area contributed by atoms with Gasteiger partial charge in [-0.25, -0.2) is 4.39 Å². The molecule has 3 amide bonds. The molecule has 3 aromatic rings. The summed E-state index contributed by atoms with van der Waals surface area (Å²) in [4.78, 5) is 42.7. The molecule has 0 unspecified atom stereocenters. The number of pyridine rings is 1. The van der Waals surface area contributed by atoms with E-state index in [0.717, 1.165) is 5.56 Å². The van der Waals surface area contributed by atoms with Crippen LogP contribution in [0, 0.1) is 12.7 Å². The fourth-order valence-electron chi connectivity index (χ4n) is 2.94. The molecule has 1 aromatic heterocycles. The molecule has 0 saturated heterocycles. The third kappa shape index (κ3) is 6.73. The zero-order valence-electron chi connectivity index (χ0n) is 17.5. The largest absolute Gasteiger partial charge is 0.345 e. The molecule has 0 fully saturated rings. The van der Waals surface area contributed by atoms with E-state index in [2.05, 4.69) is 15.6 Å². The van der Waals surface area contributed by atoms with Gasteiger partial charge in [-0.1, -0.05) is 29.8 Å². The second-order valence-corrected chi connectivity index (χ2v) is 7.21. The number of rotatable bonds is 8. The highest BCUT2D eigenvalue weighted by Crippen LogP contribution is 2.11. The number of carbonyl (C=O) groups is 3. The number of anilines is 1. The summed E-state index contributed by atoms with van der Waals surface area (Å²) in [5.74, 6) is -1.64. The van der Waals surface area contributed by atoms with Crippen LogP contribution in [0.2, 0.25) is 0 Å². The summed E-state index contributed by atoms with van der Waals surface area (Å²) in [5.41, 5.74) is 2.72. The SMILES string of the molecule is Cc1ccc(NC(=O)CNC(=O)CN(Cc2ccc(F)cc2)C(=O)c2ccncc2)cc1. The molecule has 1 heterocycles. The number of aryl methyl sites for hydroxylation is 1. The summed E-state index contributed by atoms with van der Waals surface area (Å²) in [7, 11) is 0. The van der Waals surface area contributed by atoms with Gasteiger partial charge in [0.25, 0.3) is 5.91 Å². The zero-order valence-corrected chi connectivity index (χ0v) is 17.5. The average molecular weight is 434 g/mol. The van der Waals surface area contributed by atoms with Gasteiger partial charge in [0, 0.05) is 30.2 Å². The van der Waals surface area contributed by atoms with Crippen molar-refractivity contribution in [3.05, 3.63) is 95.6 Å². The van der Waals surface area contributed by atoms with Crippen molar-refractivity contribution in [1.29, 1.82) is 0 Å². The number of hydrogen-bond acceptors (Lipinski definition) is 4. The number of nitrogens with zero attached hydrogens (tertiary/aromatic N) is 2. The molecule has 0 spiro atoms. The van der Waals surface area contributed by atoms with Crippen LogP contribution in [0.4, 0.5) is 10.1 Å². The van der Waals surface area contributed by atoms with E-state index in [1.54, 1.807) is 36.4 Å². The molecule has 0 atom stereocenters. The number of hydrogen-bond donors (Lipinski definition) is 2. The van der Waals surface area contributed by atoms with E-state index in [-0.39, 0.29) is 31.4 Å². The van der Waals surface area contributed by atoms with Crippen LogP contribution in [-0.4, -0.2) is 40.7 Å². The molecule has 3 rings (SSSR count). The summed E-state index contributed by atoms with van der Waals surface area (Å²) in [6.45, 7) is 1.54. The Morgan fingerprint density at radius 3 is 2.22 bits per heavy atom. The van der Waals surface area contributed by atoms with Crippen LogP contribution in [0.1, 0.15) is 21.5 Å². The molecule has 0 aliphatic heterocycles. The third-order valence-electron chi connectivity index (χ3n) is 4.62. The Balaban J connectivity index is 1.61. The van der Waals surface area contributed by atoms with Crippen LogP contribution in [0.5, 0.6) is 0 Å². The van der Waals surface area contributed by atoms with Gasteiger partial charge in [0.1, 0.15) is 12.4 Å². The Kier molecular flexibility index (Phi) is 7.64. The standard InChI is InChI=1S/C24H23FN4O3/c1-17-2-8-21(9-3-17)28-22(30)14-27-23(31)16-29(15-18-4-6-20(25)7-5-18)24(32)19-10-12-26-13-11-19/h2-13H,14-16H2,1H3,(H,27,31)(H,28,30). The number of aromatic nitrogens is 1. The van der Waals surface area contributed by atoms with E-state index in [0.29, 0.717) is 16.8 Å². The van der Waals surface area contributed by atoms with Crippen LogP contribution < -0.4 is 10.6 Å². The predicted octanol–water partition coefficient (Wildman–Crippen LogP) is 2.93. The van der Waals surface area contributed by atoms with Gasteiger partial charge in [0.05, 0.1) is 6.54 Å². The Bertz CT molecular complexity index is 1070. The van der Waals surface area contributed by atoms with Crippen molar-refractivity contribution in [2.75, 3.05) is 18.4 Å². The van der Waals surface area contributed by atoms with Gasteiger partial charge in [-0.15, -0.1) is 0 Å². The van der Waals surface area contributed by atoms with Gasteiger partial charge in [-0.3, -0.25) is 19.4 Å². The van der Waals surface area contributed by atoms with E-state index >= 15 is 0 Å². The molecular formula is C24H23FN4O3. The lowest BCUT2D eigenvalue weighted by atomic mass is 10.1. The summed E-state index contributed by atoms with van der Waals surface area (Å²) in [6, 6.07) is 16.1. The molecular weight excluding hydrogens is 411 g/mol. The van der Waals surface area contributed by atoms with Crippen LogP contribution in [-0.2, 0) is 16.1 Å². The molecule has 2 aromatic carbocycles. The summed E-state index contributed by atoms with van der Waals surface area (Å²) >= 11 is 0. The number of benzene rings is 2. The van der Waals surface area contributed by atoms with E-state index in [9.17, 15) is 18.8 Å². The van der Waals surface area contributed by atoms with Crippen LogP contribution in [0.3, 0.4) is 0 Å². The molecule has 0 aliphatic carbocycles. The minimum absolute atomic E-state index is 0.102. The number of halogens is 1. The van der Waals surface area contributed by atoms with Gasteiger partial charge < -0.3 is 15.5 Å². The highest BCUT2D eigenvalue weighted by atomic mass is 19.1. The van der Waals surface area contributed by atoms with Crippen molar-refractivity contribution in [1.82, 2.24) is 15.2 Å². The molecule has 7 nitrogen and oxygen atoms in total. The molecule has 0 radical (unpaired) electrons. The second kappa shape index (κ2) is 10.8. The lowest BCUT2D eigenvalue weighted by Gasteiger charge is -2.22. The molecule has 164 valence electrons. The smallest absolute Gasteiger partial charge is 0.254 e. The molecule has 0 aliphatic rings. The Morgan fingerprint density at radius 2 is 1.56 bits per heavy atom. The average Bonchev–Trinajstić information content (AvgIpc) is 2.80. The Hall–Kier alpha value is -4.07. The van der Waals surface area contributed by atoms with E-state index in [1.807, 2.05) is 19.1 Å². The van der Waals surface area contributed by atoms with Crippen molar-refractivity contribution in [2.24, 2.45) is 0 Å². The molecule has 32 heavy (non-hydrogen) atoms. The maximum absolute atomic E-state index is 13.2. The van der Waals surface area contributed by atoms with Gasteiger partial charge in [-0.2, -0.15) is 0 Å². The van der Waals surface area contributed by atoms with Crippen molar-refractivity contribution < 1.29 is 18.8 Å². The van der Waals surface area contributed by atoms with Crippen LogP contribution in [0.15, 0.2) is 73.1 Å². The lowest BCUT2D eigenvalue weighted by Crippen LogP contribution is -2.42. The van der Waals surface area contributed by atoms with Crippen molar-refractivity contribution in [3.63, 3.8) is 0 Å². The fraction of sp³-hybridized carbons (Fsp3) is 0.167. The van der Waals surface area contributed by atoms with Crippen molar-refractivity contribution in [2.45, 2.75) is 13.5 Å². The normalized spacial score (nSPS) is 10.3. The fourth-order valence-corrected chi connectivity index (χ4v) is 2.94. The lowest BCUT2D eigenvalue weighted by molar-refractivity contribution is -0.124. The van der Waals surface area contributed by atoms with Crippen molar-refractivity contribution in [3.8, 4) is 0 Å². The summed E-state index contributed by atoms with van der Waals surface area (Å²) < 4.78 is 13.2. The molecule has 8 heteroatoms. The number of carbonyl (C=O) groups excluding carboxylic acids is 3. The molecule has 2 N–H and O–H groups in total. The van der Waals surface area contributed by atoms with Crippen molar-refractivity contribution >= 4 is 23.4 Å². The zero-order chi connectivity index (χ0) is 22.9. The van der Waals surface area contributed by atoms with Gasteiger partial charge in [0.15, 0.2) is 0 Å². The highest BCUT2D eigenvalue weighted by molar-refractivity contribution is 5.98. The minimum atomic E-state index is -0.492. The van der Waals surface area contributed by atoms with E-state index in [1.165, 1.54) is 29.4 Å². The van der Waals surface area contributed by atoms with Crippen LogP contribution >= 0.6 is 0 Å². The van der Waals surface area contributed by atoms with Gasteiger partial charge in [-0.05, 0) is 48.9 Å². The van der Waals surface area contributed by atoms with E-state index in [4.69, 9.17) is 0 Å². The summed E-state index contributed by atoms with van der Waals surface area (Å²) in [5, 5.41) is 5.22. The first-order valence-corrected chi connectivity index (χ1v) is 9.97. The monoisotopic (exact) mass is 434 g/mol. The molecule has 0 bridgehead atoms. The first kappa shape index (κ1) is 22.6. The highest BCUT2D eigenvalue weighted by Gasteiger charge is 2.20. The van der Waals surface area contributed by atoms with Gasteiger partial charge >= 0.3 is 0 Å². The topological polar surface area (TPSA) is 91.4 Å². The van der Waals surface area contributed by atoms with Crippen LogP contribution in [0.25, 0.3) is 0 Å². The Labute approximate surface area is 185 Å². The molecule has 0 saturated carbocycles. The summed E-state index contributed by atoms with van der Waals surface area (Å²) in [6.07, 6.45) is 2.97. The first-order chi connectivity index (χ1) is 15.4. The number of amides is 3. The minimum Gasteiger partial charge on any atom is -0.345 e. The quantitative estimate of drug-likeness (QED) is 0.570. The van der Waals surface area contributed by atoms with Gasteiger partial charge in [0.2, 0.25) is 11.8 Å². The maximum Gasteiger partial charge on any atom is 0.254 e. The maximum atomic E-state index is 13.2. The number of nitrogens with one attached hydrogen (secondary N) is 2. The third-order valence-corrected chi connectivity index (χ3v) is 4.62. The first-order valence-electron chi connectivity index (χ1n) is 9.97. The second-order valence-electron chi connectivity index (χ2n) is 7.21. The van der Waals surface area contributed by atoms with E-state index < -0.39 is 11.7 Å². The Morgan fingerprint density at radius 1 is 0.906 bits per heavy atom.